The van der Waals surface area contributed by atoms with Crippen LogP contribution in [0.3, 0.4) is 0 Å². The number of hydrogen-bond acceptors (Lipinski definition) is 9. The van der Waals surface area contributed by atoms with Gasteiger partial charge in [0.25, 0.3) is 5.91 Å². The Morgan fingerprint density at radius 1 is 1.00 bits per heavy atom. The summed E-state index contributed by atoms with van der Waals surface area (Å²) < 4.78 is 25.3. The van der Waals surface area contributed by atoms with Crippen molar-refractivity contribution in [2.24, 2.45) is 0 Å². The quantitative estimate of drug-likeness (QED) is 0.207. The fourth-order valence-corrected chi connectivity index (χ4v) is 7.65. The number of carbonyl (C=O) groups excluding carboxylic acids is 4. The van der Waals surface area contributed by atoms with E-state index in [-0.39, 0.29) is 22.9 Å². The first kappa shape index (κ1) is 33.0. The van der Waals surface area contributed by atoms with Gasteiger partial charge in [-0.05, 0) is 68.1 Å². The topological polar surface area (TPSA) is 144 Å². The maximum absolute atomic E-state index is 14.3. The van der Waals surface area contributed by atoms with Gasteiger partial charge in [0.2, 0.25) is 5.78 Å². The van der Waals surface area contributed by atoms with Gasteiger partial charge in [0.05, 0.1) is 22.6 Å². The van der Waals surface area contributed by atoms with E-state index in [1.807, 2.05) is 60.7 Å². The second kappa shape index (κ2) is 13.7. The summed E-state index contributed by atoms with van der Waals surface area (Å²) in [6, 6.07) is 21.6. The average molecular weight is 669 g/mol. The first-order chi connectivity index (χ1) is 23.0. The summed E-state index contributed by atoms with van der Waals surface area (Å²) in [7, 11) is -1.72. The number of aromatic nitrogens is 1. The highest BCUT2D eigenvalue weighted by atomic mass is 32.2. The van der Waals surface area contributed by atoms with Crippen molar-refractivity contribution in [1.29, 1.82) is 0 Å². The number of allylic oxidation sites excluding steroid dienone is 1. The maximum Gasteiger partial charge on any atom is 0.408 e. The lowest BCUT2D eigenvalue weighted by atomic mass is 9.97. The van der Waals surface area contributed by atoms with Gasteiger partial charge >= 0.3 is 12.1 Å². The molecule has 0 spiro atoms. The number of ether oxygens (including phenoxy) is 2. The zero-order chi connectivity index (χ0) is 34.0. The highest BCUT2D eigenvalue weighted by Crippen LogP contribution is 2.38. The Labute approximate surface area is 280 Å². The number of carbonyl (C=O) groups is 4. The molecule has 1 aromatic heterocycles. The summed E-state index contributed by atoms with van der Waals surface area (Å²) in [5, 5.41) is 4.72. The fraction of sp³-hybridized carbons (Fsp3) is 0.306. The average Bonchev–Trinajstić information content (AvgIpc) is 3.54. The van der Waals surface area contributed by atoms with Crippen LogP contribution in [0.25, 0.3) is 0 Å². The van der Waals surface area contributed by atoms with Gasteiger partial charge in [-0.3, -0.25) is 23.7 Å². The van der Waals surface area contributed by atoms with E-state index in [9.17, 15) is 23.4 Å². The van der Waals surface area contributed by atoms with Gasteiger partial charge in [0, 0.05) is 6.20 Å². The molecule has 248 valence electrons. The van der Waals surface area contributed by atoms with Crippen molar-refractivity contribution in [3.8, 4) is 0 Å². The molecule has 2 N–H and O–H groups in total. The van der Waals surface area contributed by atoms with Crippen molar-refractivity contribution in [3.63, 3.8) is 0 Å². The van der Waals surface area contributed by atoms with E-state index < -0.39 is 57.9 Å². The number of ketones is 1. The van der Waals surface area contributed by atoms with Crippen LogP contribution in [0.2, 0.25) is 0 Å². The van der Waals surface area contributed by atoms with E-state index in [0.29, 0.717) is 35.2 Å². The van der Waals surface area contributed by atoms with Crippen LogP contribution in [0.15, 0.2) is 108 Å². The lowest BCUT2D eigenvalue weighted by Gasteiger charge is -2.49. The van der Waals surface area contributed by atoms with E-state index >= 15 is 0 Å². The van der Waals surface area contributed by atoms with Gasteiger partial charge in [0.1, 0.15) is 28.4 Å². The van der Waals surface area contributed by atoms with Crippen molar-refractivity contribution in [2.75, 3.05) is 12.3 Å². The molecule has 11 nitrogen and oxygen atoms in total. The Balaban J connectivity index is 1.39. The second-order valence-electron chi connectivity index (χ2n) is 12.7. The van der Waals surface area contributed by atoms with Crippen LogP contribution < -0.4 is 10.6 Å². The Morgan fingerprint density at radius 3 is 2.25 bits per heavy atom. The van der Waals surface area contributed by atoms with Crippen LogP contribution in [-0.4, -0.2) is 73.2 Å². The molecule has 12 heteroatoms. The molecule has 0 bridgehead atoms. The first-order valence-electron chi connectivity index (χ1n) is 15.6. The Morgan fingerprint density at radius 2 is 1.65 bits per heavy atom. The maximum atomic E-state index is 14.3. The van der Waals surface area contributed by atoms with Crippen molar-refractivity contribution in [1.82, 2.24) is 20.5 Å². The lowest BCUT2D eigenvalue weighted by molar-refractivity contribution is -0.153. The number of β-lactam (4-membered cyclic amide) rings is 1. The van der Waals surface area contributed by atoms with Crippen molar-refractivity contribution in [3.05, 3.63) is 125 Å². The van der Waals surface area contributed by atoms with Crippen LogP contribution in [0.1, 0.15) is 54.9 Å². The minimum Gasteiger partial charge on any atom is -0.448 e. The molecule has 2 aromatic carbocycles. The number of rotatable bonds is 8. The number of hydrogen-bond donors (Lipinski definition) is 2. The summed E-state index contributed by atoms with van der Waals surface area (Å²) in [5.74, 6) is -1.78. The van der Waals surface area contributed by atoms with E-state index in [1.54, 1.807) is 51.2 Å². The lowest BCUT2D eigenvalue weighted by Crippen LogP contribution is -2.73. The highest BCUT2D eigenvalue weighted by molar-refractivity contribution is 7.86. The number of alkyl carbamates (subject to hydrolysis) is 1. The molecular formula is C36H36N4O7S. The molecule has 0 radical (unpaired) electrons. The van der Waals surface area contributed by atoms with Crippen LogP contribution in [0, 0.1) is 0 Å². The molecule has 2 amide bonds. The number of nitrogens with one attached hydrogen (secondary N) is 2. The molecule has 2 fully saturated rings. The summed E-state index contributed by atoms with van der Waals surface area (Å²) in [6.45, 7) is 5.58. The molecule has 3 aliphatic rings. The third-order valence-electron chi connectivity index (χ3n) is 8.12. The molecule has 3 aromatic rings. The molecule has 0 saturated carbocycles. The molecule has 48 heavy (non-hydrogen) atoms. The molecular weight excluding hydrogens is 632 g/mol. The number of benzene rings is 2. The standard InChI is InChI=1S/C36H36N4O7S/c1-36(2,3)47-35(44)39-28-32(42)40-29(34(43)46-31(22-12-6-4-7-13-22)23-14-8-5-9-15-23)25(21-48(45)33(28)40)20-24-17-19-38-27(24)30(41)26-16-10-11-18-37-26/h4-16,18,20,27-28,31,33,38H,17,19,21H2,1-3H3,(H,39,44)/b24-20+. The Bertz CT molecular complexity index is 1770. The second-order valence-corrected chi connectivity index (χ2v) is 14.2. The third-order valence-corrected chi connectivity index (χ3v) is 9.74. The summed E-state index contributed by atoms with van der Waals surface area (Å²) in [6.07, 6.45) is 2.06. The SMILES string of the molecule is CC(C)(C)OC(=O)NC1C(=O)N2C(C(=O)OC(c3ccccc3)c3ccccc3)=C(/C=C3\CCNC3C(=O)c3ccccn3)CS(=O)C12. The third kappa shape index (κ3) is 6.85. The number of Topliss-reactive ketones (excluding diaryl/α,β-unsaturated/α-hetero) is 1. The minimum atomic E-state index is -1.72. The first-order valence-corrected chi connectivity index (χ1v) is 17.0. The van der Waals surface area contributed by atoms with Crippen LogP contribution in [0.5, 0.6) is 0 Å². The highest BCUT2D eigenvalue weighted by Gasteiger charge is 2.58. The van der Waals surface area contributed by atoms with Crippen LogP contribution in [0.4, 0.5) is 4.79 Å². The Kier molecular flexibility index (Phi) is 9.38. The largest absolute Gasteiger partial charge is 0.448 e. The van der Waals surface area contributed by atoms with E-state index in [4.69, 9.17) is 9.47 Å². The number of amides is 2. The van der Waals surface area contributed by atoms with E-state index in [2.05, 4.69) is 15.6 Å². The van der Waals surface area contributed by atoms with Crippen molar-refractivity contribution >= 4 is 34.6 Å². The number of esters is 1. The predicted octanol–water partition coefficient (Wildman–Crippen LogP) is 3.96. The number of fused-ring (bicyclic) bond motifs is 1. The zero-order valence-electron chi connectivity index (χ0n) is 26.8. The Hall–Kier alpha value is -4.94. The van der Waals surface area contributed by atoms with Gasteiger partial charge in [-0.25, -0.2) is 9.59 Å². The minimum absolute atomic E-state index is 0.0767. The van der Waals surface area contributed by atoms with E-state index in [0.717, 1.165) is 4.90 Å². The van der Waals surface area contributed by atoms with Gasteiger partial charge < -0.3 is 20.1 Å². The fourth-order valence-electron chi connectivity index (χ4n) is 6.02. The van der Waals surface area contributed by atoms with Gasteiger partial charge in [0.15, 0.2) is 6.10 Å². The van der Waals surface area contributed by atoms with Gasteiger partial charge in [-0.15, -0.1) is 0 Å². The van der Waals surface area contributed by atoms with Crippen molar-refractivity contribution < 1.29 is 32.9 Å². The predicted molar refractivity (Wildman–Crippen MR) is 178 cm³/mol. The monoisotopic (exact) mass is 668 g/mol. The summed E-state index contributed by atoms with van der Waals surface area (Å²) in [5.41, 5.74) is 1.79. The molecule has 2 saturated heterocycles. The van der Waals surface area contributed by atoms with Gasteiger partial charge in [-0.2, -0.15) is 0 Å². The molecule has 4 atom stereocenters. The number of nitrogens with zero attached hydrogens (tertiary/aromatic N) is 2. The smallest absolute Gasteiger partial charge is 0.408 e. The molecule has 4 heterocycles. The molecule has 6 rings (SSSR count). The molecule has 3 aliphatic heterocycles. The van der Waals surface area contributed by atoms with Crippen molar-refractivity contribution in [2.45, 2.75) is 56.4 Å². The summed E-state index contributed by atoms with van der Waals surface area (Å²) in [4.78, 5) is 59.4. The van der Waals surface area contributed by atoms with Crippen LogP contribution >= 0.6 is 0 Å². The zero-order valence-corrected chi connectivity index (χ0v) is 27.6. The van der Waals surface area contributed by atoms with Gasteiger partial charge in [-0.1, -0.05) is 72.8 Å². The van der Waals surface area contributed by atoms with Crippen LogP contribution in [-0.2, 0) is 29.9 Å². The normalized spacial score (nSPS) is 23.0. The molecule has 0 aliphatic carbocycles. The van der Waals surface area contributed by atoms with E-state index in [1.165, 1.54) is 0 Å². The summed E-state index contributed by atoms with van der Waals surface area (Å²) >= 11 is 0. The molecule has 4 unspecified atom stereocenters. The number of pyridine rings is 1.